The van der Waals surface area contributed by atoms with Gasteiger partial charge in [0.05, 0.1) is 21.8 Å². The number of nitrogens with zero attached hydrogens (tertiary/aromatic N) is 2. The molecule has 0 fully saturated rings. The van der Waals surface area contributed by atoms with Gasteiger partial charge in [-0.25, -0.2) is 0 Å². The third-order valence-electron chi connectivity index (χ3n) is 7.90. The molecular weight excluding hydrogens is 444 g/mol. The van der Waals surface area contributed by atoms with E-state index in [2.05, 4.69) is 13.8 Å². The molecule has 0 atom stereocenters. The highest BCUT2D eigenvalue weighted by molar-refractivity contribution is 5.95. The zero-order chi connectivity index (χ0) is 25.3. The number of unbranched alkanes of at least 4 members (excludes halogenated alkanes) is 12. The second-order valence-corrected chi connectivity index (χ2v) is 10.6. The molecule has 0 amide bonds. The maximum atomic E-state index is 13.7. The van der Waals surface area contributed by atoms with Crippen LogP contribution in [-0.2, 0) is 12.8 Å². The van der Waals surface area contributed by atoms with Crippen LogP contribution in [0.1, 0.15) is 115 Å². The molecule has 4 heterocycles. The van der Waals surface area contributed by atoms with Crippen LogP contribution in [0.3, 0.4) is 0 Å². The number of hydrogen-bond donors (Lipinski definition) is 0. The van der Waals surface area contributed by atoms with Gasteiger partial charge in [0.2, 0.25) is 0 Å². The van der Waals surface area contributed by atoms with E-state index in [0.29, 0.717) is 10.8 Å². The Morgan fingerprint density at radius 2 is 0.889 bits per heavy atom. The van der Waals surface area contributed by atoms with Crippen LogP contribution in [0.4, 0.5) is 0 Å². The van der Waals surface area contributed by atoms with Crippen molar-refractivity contribution in [2.45, 2.75) is 117 Å². The molecule has 0 aliphatic heterocycles. The van der Waals surface area contributed by atoms with E-state index < -0.39 is 0 Å². The average Bonchev–Trinajstić information content (AvgIpc) is 3.57. The summed E-state index contributed by atoms with van der Waals surface area (Å²) in [6.07, 6.45) is 22.7. The summed E-state index contributed by atoms with van der Waals surface area (Å²) in [7, 11) is 0. The molecule has 36 heavy (non-hydrogen) atoms. The molecule has 194 valence electrons. The number of rotatable bonds is 16. The summed E-state index contributed by atoms with van der Waals surface area (Å²) in [6, 6.07) is 7.90. The molecule has 0 spiro atoms. The molecule has 4 aromatic heterocycles. The third-order valence-corrected chi connectivity index (χ3v) is 7.90. The van der Waals surface area contributed by atoms with Gasteiger partial charge in [0.1, 0.15) is 0 Å². The van der Waals surface area contributed by atoms with E-state index >= 15 is 0 Å². The molecule has 4 heteroatoms. The fraction of sp³-hybridized carbons (Fsp3) is 0.562. The largest absolute Gasteiger partial charge is 0.283 e. The number of pyridine rings is 2. The normalized spacial score (nSPS) is 11.9. The highest BCUT2D eigenvalue weighted by Crippen LogP contribution is 2.27. The number of fused-ring (bicyclic) bond motifs is 3. The van der Waals surface area contributed by atoms with Gasteiger partial charge >= 0.3 is 0 Å². The molecule has 4 rings (SSSR count). The summed E-state index contributed by atoms with van der Waals surface area (Å²) < 4.78 is 3.57. The Kier molecular flexibility index (Phi) is 9.60. The van der Waals surface area contributed by atoms with Crippen LogP contribution in [0, 0.1) is 0 Å². The van der Waals surface area contributed by atoms with Crippen LogP contribution in [0.5, 0.6) is 0 Å². The fourth-order valence-corrected chi connectivity index (χ4v) is 5.90. The van der Waals surface area contributed by atoms with Crippen LogP contribution in [0.15, 0.2) is 46.2 Å². The van der Waals surface area contributed by atoms with Crippen molar-refractivity contribution in [2.24, 2.45) is 0 Å². The molecule has 0 bridgehead atoms. The van der Waals surface area contributed by atoms with Crippen LogP contribution < -0.4 is 11.1 Å². The van der Waals surface area contributed by atoms with Crippen LogP contribution >= 0.6 is 0 Å². The Morgan fingerprint density at radius 3 is 1.28 bits per heavy atom. The van der Waals surface area contributed by atoms with Gasteiger partial charge < -0.3 is 0 Å². The Labute approximate surface area is 215 Å². The highest BCUT2D eigenvalue weighted by Gasteiger charge is 2.21. The summed E-state index contributed by atoms with van der Waals surface area (Å²) in [5, 5.41) is 1.33. The fourth-order valence-electron chi connectivity index (χ4n) is 5.90. The van der Waals surface area contributed by atoms with Gasteiger partial charge in [-0.2, -0.15) is 0 Å². The Morgan fingerprint density at radius 1 is 0.528 bits per heavy atom. The second-order valence-electron chi connectivity index (χ2n) is 10.6. The molecule has 0 unspecified atom stereocenters. The molecule has 0 aliphatic carbocycles. The zero-order valence-corrected chi connectivity index (χ0v) is 22.5. The van der Waals surface area contributed by atoms with Crippen molar-refractivity contribution < 1.29 is 0 Å². The Hall–Kier alpha value is -2.62. The smallest absolute Gasteiger partial charge is 0.263 e. The van der Waals surface area contributed by atoms with Crippen molar-refractivity contribution in [3.05, 3.63) is 68.5 Å². The predicted molar refractivity (Wildman–Crippen MR) is 153 cm³/mol. The highest BCUT2D eigenvalue weighted by atomic mass is 16.1. The van der Waals surface area contributed by atoms with Gasteiger partial charge in [-0.05, 0) is 61.1 Å². The molecular formula is C32H44N2O2. The van der Waals surface area contributed by atoms with Crippen molar-refractivity contribution in [2.75, 3.05) is 0 Å². The van der Waals surface area contributed by atoms with Gasteiger partial charge in [-0.1, -0.05) is 90.9 Å². The Bertz CT molecular complexity index is 1260. The van der Waals surface area contributed by atoms with Gasteiger partial charge in [-0.15, -0.1) is 0 Å². The third kappa shape index (κ3) is 5.68. The van der Waals surface area contributed by atoms with Crippen molar-refractivity contribution in [1.82, 2.24) is 8.80 Å². The standard InChI is InChI=1S/C32H44N2O2/c1-3-5-7-9-11-13-15-19-25-27-21-17-23-33(27)32(36)30-26(20-16-14-12-10-8-6-4-2)28-22-18-24-34(28)31(35)29(25)30/h17-18,21-24H,3-16,19-20H2,1-2H3. The zero-order valence-electron chi connectivity index (χ0n) is 22.5. The number of hydrogen-bond acceptors (Lipinski definition) is 2. The van der Waals surface area contributed by atoms with E-state index in [0.717, 1.165) is 47.8 Å². The number of aromatic nitrogens is 2. The molecule has 0 radical (unpaired) electrons. The summed E-state index contributed by atoms with van der Waals surface area (Å²) in [6.45, 7) is 4.50. The molecule has 0 saturated carbocycles. The lowest BCUT2D eigenvalue weighted by atomic mass is 9.95. The van der Waals surface area contributed by atoms with Crippen LogP contribution in [0.2, 0.25) is 0 Å². The molecule has 4 aromatic rings. The summed E-state index contributed by atoms with van der Waals surface area (Å²) in [5.41, 5.74) is 3.86. The minimum absolute atomic E-state index is 0.0351. The van der Waals surface area contributed by atoms with Gasteiger partial charge in [0.15, 0.2) is 0 Å². The first kappa shape index (κ1) is 26.4. The SMILES string of the molecule is CCCCCCCCCc1c2c(=O)n3cccc3c(CCCCCCCCC)c2c(=O)n2cccc12. The topological polar surface area (TPSA) is 43.0 Å². The van der Waals surface area contributed by atoms with Gasteiger partial charge in [0, 0.05) is 12.4 Å². The maximum absolute atomic E-state index is 13.7. The lowest BCUT2D eigenvalue weighted by Crippen LogP contribution is -2.23. The quantitative estimate of drug-likeness (QED) is 0.150. The minimum Gasteiger partial charge on any atom is -0.283 e. The average molecular weight is 489 g/mol. The lowest BCUT2D eigenvalue weighted by Gasteiger charge is -2.14. The van der Waals surface area contributed by atoms with Crippen LogP contribution in [0.25, 0.3) is 21.8 Å². The van der Waals surface area contributed by atoms with Crippen LogP contribution in [-0.4, -0.2) is 8.80 Å². The monoisotopic (exact) mass is 488 g/mol. The molecule has 0 N–H and O–H groups in total. The Balaban J connectivity index is 1.66. The summed E-state index contributed by atoms with van der Waals surface area (Å²) in [5.74, 6) is 0. The number of aryl methyl sites for hydroxylation is 2. The maximum Gasteiger partial charge on any atom is 0.263 e. The summed E-state index contributed by atoms with van der Waals surface area (Å²) in [4.78, 5) is 27.5. The molecule has 0 aliphatic rings. The van der Waals surface area contributed by atoms with E-state index in [-0.39, 0.29) is 11.1 Å². The first-order valence-electron chi connectivity index (χ1n) is 14.6. The van der Waals surface area contributed by atoms with Crippen molar-refractivity contribution >= 4 is 21.8 Å². The lowest BCUT2D eigenvalue weighted by molar-refractivity contribution is 0.589. The minimum atomic E-state index is -0.0351. The molecule has 4 nitrogen and oxygen atoms in total. The van der Waals surface area contributed by atoms with Gasteiger partial charge in [-0.3, -0.25) is 18.4 Å². The van der Waals surface area contributed by atoms with E-state index in [4.69, 9.17) is 0 Å². The molecule has 0 saturated heterocycles. The second kappa shape index (κ2) is 13.1. The van der Waals surface area contributed by atoms with Crippen molar-refractivity contribution in [1.29, 1.82) is 0 Å². The van der Waals surface area contributed by atoms with Crippen molar-refractivity contribution in [3.8, 4) is 0 Å². The predicted octanol–water partition coefficient (Wildman–Crippen LogP) is 8.09. The first-order valence-corrected chi connectivity index (χ1v) is 14.6. The first-order chi connectivity index (χ1) is 17.7. The van der Waals surface area contributed by atoms with E-state index in [9.17, 15) is 9.59 Å². The van der Waals surface area contributed by atoms with Crippen molar-refractivity contribution in [3.63, 3.8) is 0 Å². The van der Waals surface area contributed by atoms with E-state index in [1.54, 1.807) is 8.80 Å². The van der Waals surface area contributed by atoms with E-state index in [1.165, 1.54) is 77.0 Å². The van der Waals surface area contributed by atoms with E-state index in [1.807, 2.05) is 36.7 Å². The van der Waals surface area contributed by atoms with Gasteiger partial charge in [0.25, 0.3) is 11.1 Å². The molecule has 0 aromatic carbocycles. The summed E-state index contributed by atoms with van der Waals surface area (Å²) >= 11 is 0.